The van der Waals surface area contributed by atoms with Crippen LogP contribution in [0.3, 0.4) is 0 Å². The number of hydrogen-bond donors (Lipinski definition) is 1. The van der Waals surface area contributed by atoms with Gasteiger partial charge < -0.3 is 5.32 Å². The van der Waals surface area contributed by atoms with Crippen LogP contribution in [0, 0.1) is 20.7 Å². The Bertz CT molecular complexity index is 1410. The maximum Gasteiger partial charge on any atom is 0.256 e. The van der Waals surface area contributed by atoms with Gasteiger partial charge in [0.1, 0.15) is 5.82 Å². The number of carbonyl (C=O) groups is 1. The second kappa shape index (κ2) is 8.32. The molecule has 0 atom stereocenters. The zero-order valence-corrected chi connectivity index (χ0v) is 19.1. The summed E-state index contributed by atoms with van der Waals surface area (Å²) in [5.41, 5.74) is 4.18. The monoisotopic (exact) mass is 533 g/mol. The van der Waals surface area contributed by atoms with Gasteiger partial charge in [-0.2, -0.15) is 5.26 Å². The molecule has 3 aromatic carbocycles. The van der Waals surface area contributed by atoms with E-state index in [4.69, 9.17) is 10.2 Å². The van der Waals surface area contributed by atoms with Gasteiger partial charge in [0.2, 0.25) is 0 Å². The highest BCUT2D eigenvalue weighted by atomic mass is 127. The summed E-state index contributed by atoms with van der Waals surface area (Å²) in [6.07, 6.45) is 1.98. The molecule has 1 aliphatic rings. The average molecular weight is 533 g/mol. The Labute approximate surface area is 198 Å². The highest BCUT2D eigenvalue weighted by molar-refractivity contribution is 14.1. The van der Waals surface area contributed by atoms with E-state index in [2.05, 4.69) is 27.9 Å². The SMILES string of the molecule is N#Cc1ccc(NC(=O)c2c(C3CC3)c(-c3ccccc3)nc3ccc(I)cc23)c(F)c1. The van der Waals surface area contributed by atoms with Gasteiger partial charge in [0.05, 0.1) is 34.1 Å². The number of halogens is 2. The first-order chi connectivity index (χ1) is 15.5. The molecule has 5 rings (SSSR count). The van der Waals surface area contributed by atoms with E-state index in [1.807, 2.05) is 54.6 Å². The van der Waals surface area contributed by atoms with Crippen LogP contribution in [0.1, 0.15) is 40.2 Å². The third kappa shape index (κ3) is 3.84. The van der Waals surface area contributed by atoms with Crippen molar-refractivity contribution in [2.24, 2.45) is 0 Å². The normalized spacial score (nSPS) is 13.0. The van der Waals surface area contributed by atoms with Gasteiger partial charge in [0.25, 0.3) is 5.91 Å². The number of nitrogens with one attached hydrogen (secondary N) is 1. The fraction of sp³-hybridized carbons (Fsp3) is 0.115. The van der Waals surface area contributed by atoms with Crippen molar-refractivity contribution in [3.63, 3.8) is 0 Å². The molecule has 1 amide bonds. The molecule has 0 saturated heterocycles. The molecule has 0 unspecified atom stereocenters. The molecule has 1 fully saturated rings. The first kappa shape index (κ1) is 20.6. The van der Waals surface area contributed by atoms with Crippen molar-refractivity contribution in [2.45, 2.75) is 18.8 Å². The predicted molar refractivity (Wildman–Crippen MR) is 131 cm³/mol. The van der Waals surface area contributed by atoms with Crippen LogP contribution in [0.25, 0.3) is 22.2 Å². The van der Waals surface area contributed by atoms with E-state index in [9.17, 15) is 9.18 Å². The lowest BCUT2D eigenvalue weighted by atomic mass is 9.93. The Morgan fingerprint density at radius 1 is 1.09 bits per heavy atom. The minimum absolute atomic E-state index is 0.0487. The molecule has 4 aromatic rings. The minimum atomic E-state index is -0.637. The van der Waals surface area contributed by atoms with Gasteiger partial charge in [-0.3, -0.25) is 4.79 Å². The molecule has 0 radical (unpaired) electrons. The first-order valence-electron chi connectivity index (χ1n) is 10.2. The third-order valence-electron chi connectivity index (χ3n) is 5.59. The number of carbonyl (C=O) groups excluding carboxylic acids is 1. The Hall–Kier alpha value is -3.31. The number of aromatic nitrogens is 1. The molecule has 0 aliphatic heterocycles. The van der Waals surface area contributed by atoms with Crippen molar-refractivity contribution in [3.8, 4) is 17.3 Å². The van der Waals surface area contributed by atoms with Crippen LogP contribution in [0.15, 0.2) is 66.7 Å². The van der Waals surface area contributed by atoms with E-state index in [-0.39, 0.29) is 23.1 Å². The summed E-state index contributed by atoms with van der Waals surface area (Å²) < 4.78 is 15.5. The van der Waals surface area contributed by atoms with Gasteiger partial charge in [0.15, 0.2) is 0 Å². The third-order valence-corrected chi connectivity index (χ3v) is 6.26. The zero-order chi connectivity index (χ0) is 22.2. The van der Waals surface area contributed by atoms with E-state index in [1.165, 1.54) is 12.1 Å². The van der Waals surface area contributed by atoms with Gasteiger partial charge in [-0.25, -0.2) is 9.37 Å². The number of anilines is 1. The smallest absolute Gasteiger partial charge is 0.256 e. The van der Waals surface area contributed by atoms with Crippen molar-refractivity contribution in [2.75, 3.05) is 5.32 Å². The zero-order valence-electron chi connectivity index (χ0n) is 16.9. The van der Waals surface area contributed by atoms with Gasteiger partial charge in [-0.15, -0.1) is 0 Å². The van der Waals surface area contributed by atoms with Crippen molar-refractivity contribution < 1.29 is 9.18 Å². The molecular weight excluding hydrogens is 516 g/mol. The number of fused-ring (bicyclic) bond motifs is 1. The summed E-state index contributed by atoms with van der Waals surface area (Å²) in [6, 6.07) is 21.6. The summed E-state index contributed by atoms with van der Waals surface area (Å²) >= 11 is 2.22. The molecule has 32 heavy (non-hydrogen) atoms. The highest BCUT2D eigenvalue weighted by Crippen LogP contribution is 2.47. The fourth-order valence-electron chi connectivity index (χ4n) is 3.95. The van der Waals surface area contributed by atoms with Crippen LogP contribution < -0.4 is 5.32 Å². The van der Waals surface area contributed by atoms with Crippen LogP contribution in [0.2, 0.25) is 0 Å². The summed E-state index contributed by atoms with van der Waals surface area (Å²) in [4.78, 5) is 18.6. The highest BCUT2D eigenvalue weighted by Gasteiger charge is 2.33. The Morgan fingerprint density at radius 2 is 1.88 bits per heavy atom. The van der Waals surface area contributed by atoms with Gasteiger partial charge in [0, 0.05) is 14.5 Å². The lowest BCUT2D eigenvalue weighted by molar-refractivity contribution is 0.102. The molecule has 4 nitrogen and oxygen atoms in total. The molecule has 0 bridgehead atoms. The fourth-order valence-corrected chi connectivity index (χ4v) is 4.44. The number of pyridine rings is 1. The first-order valence-corrected chi connectivity index (χ1v) is 11.3. The van der Waals surface area contributed by atoms with Crippen molar-refractivity contribution in [1.29, 1.82) is 5.26 Å². The van der Waals surface area contributed by atoms with E-state index < -0.39 is 5.82 Å². The van der Waals surface area contributed by atoms with Gasteiger partial charge >= 0.3 is 0 Å². The molecule has 156 valence electrons. The summed E-state index contributed by atoms with van der Waals surface area (Å²) in [6.45, 7) is 0. The molecule has 1 N–H and O–H groups in total. The lowest BCUT2D eigenvalue weighted by Crippen LogP contribution is -2.17. The van der Waals surface area contributed by atoms with Crippen molar-refractivity contribution in [1.82, 2.24) is 4.98 Å². The number of benzene rings is 3. The maximum atomic E-state index is 14.5. The molecule has 6 heteroatoms. The van der Waals surface area contributed by atoms with E-state index in [0.29, 0.717) is 5.56 Å². The van der Waals surface area contributed by atoms with Crippen LogP contribution in [-0.2, 0) is 0 Å². The number of amides is 1. The van der Waals surface area contributed by atoms with Gasteiger partial charge in [-0.05, 0) is 83.3 Å². The molecular formula is C26H17FIN3O. The summed E-state index contributed by atoms with van der Waals surface area (Å²) in [5, 5.41) is 12.5. The standard InChI is InChI=1S/C26H17FIN3O/c27-20-12-15(14-29)6-10-22(20)31-26(32)24-19-13-18(28)9-11-21(19)30-25(23(24)16-7-8-16)17-4-2-1-3-5-17/h1-6,9-13,16H,7-8H2,(H,31,32). The molecule has 1 aliphatic carbocycles. The Kier molecular flexibility index (Phi) is 5.35. The van der Waals surface area contributed by atoms with E-state index >= 15 is 0 Å². The minimum Gasteiger partial charge on any atom is -0.319 e. The van der Waals surface area contributed by atoms with Gasteiger partial charge in [-0.1, -0.05) is 30.3 Å². The van der Waals surface area contributed by atoms with Crippen LogP contribution in [0.4, 0.5) is 10.1 Å². The van der Waals surface area contributed by atoms with Crippen molar-refractivity contribution >= 4 is 45.1 Å². The second-order valence-corrected chi connectivity index (χ2v) is 9.06. The van der Waals surface area contributed by atoms with Crippen LogP contribution in [0.5, 0.6) is 0 Å². The molecule has 1 heterocycles. The average Bonchev–Trinajstić information content (AvgIpc) is 3.65. The topological polar surface area (TPSA) is 65.8 Å². The predicted octanol–water partition coefficient (Wildman–Crippen LogP) is 6.65. The number of nitrogens with zero attached hydrogens (tertiary/aromatic N) is 2. The molecule has 0 spiro atoms. The van der Waals surface area contributed by atoms with Crippen LogP contribution in [-0.4, -0.2) is 10.9 Å². The van der Waals surface area contributed by atoms with E-state index in [1.54, 1.807) is 0 Å². The Balaban J connectivity index is 1.72. The van der Waals surface area contributed by atoms with Crippen molar-refractivity contribution in [3.05, 3.63) is 92.8 Å². The summed E-state index contributed by atoms with van der Waals surface area (Å²) in [5.74, 6) is -0.768. The second-order valence-electron chi connectivity index (χ2n) is 7.81. The number of hydrogen-bond acceptors (Lipinski definition) is 3. The quantitative estimate of drug-likeness (QED) is 0.299. The van der Waals surface area contributed by atoms with E-state index in [0.717, 1.165) is 50.2 Å². The number of rotatable bonds is 4. The maximum absolute atomic E-state index is 14.5. The van der Waals surface area contributed by atoms with Crippen LogP contribution >= 0.6 is 22.6 Å². The Morgan fingerprint density at radius 3 is 2.56 bits per heavy atom. The molecule has 1 aromatic heterocycles. The molecule has 1 saturated carbocycles. The lowest BCUT2D eigenvalue weighted by Gasteiger charge is -2.18. The number of nitriles is 1. The summed E-state index contributed by atoms with van der Waals surface area (Å²) in [7, 11) is 0. The largest absolute Gasteiger partial charge is 0.319 e.